The lowest BCUT2D eigenvalue weighted by Gasteiger charge is -2.32. The van der Waals surface area contributed by atoms with Crippen molar-refractivity contribution in [2.24, 2.45) is 17.8 Å². The Morgan fingerprint density at radius 2 is 1.90 bits per heavy atom. The van der Waals surface area contributed by atoms with Gasteiger partial charge < -0.3 is 9.84 Å². The van der Waals surface area contributed by atoms with Gasteiger partial charge in [0.05, 0.1) is 12.8 Å². The summed E-state index contributed by atoms with van der Waals surface area (Å²) in [7, 11) is 0. The lowest BCUT2D eigenvalue weighted by atomic mass is 9.73. The van der Waals surface area contributed by atoms with Crippen LogP contribution in [0, 0.1) is 17.8 Å². The van der Waals surface area contributed by atoms with E-state index in [0.717, 1.165) is 6.42 Å². The van der Waals surface area contributed by atoms with E-state index in [4.69, 9.17) is 9.84 Å². The van der Waals surface area contributed by atoms with Crippen LogP contribution in [0.3, 0.4) is 0 Å². The highest BCUT2D eigenvalue weighted by atomic mass is 16.6. The van der Waals surface area contributed by atoms with Crippen LogP contribution in [-0.4, -0.2) is 23.1 Å². The number of carbonyl (C=O) groups is 2. The molecule has 3 rings (SSSR count). The van der Waals surface area contributed by atoms with Crippen molar-refractivity contribution >= 4 is 11.9 Å². The predicted molar refractivity (Wildman–Crippen MR) is 76.5 cm³/mol. The highest BCUT2D eigenvalue weighted by Gasteiger charge is 2.45. The Morgan fingerprint density at radius 1 is 1.19 bits per heavy atom. The summed E-state index contributed by atoms with van der Waals surface area (Å²) in [4.78, 5) is 22.6. The van der Waals surface area contributed by atoms with Gasteiger partial charge in [0.2, 0.25) is 0 Å². The zero-order valence-electron chi connectivity index (χ0n) is 11.6. The molecule has 1 fully saturated rings. The Bertz CT molecular complexity index is 563. The first-order valence-corrected chi connectivity index (χ1v) is 7.27. The summed E-state index contributed by atoms with van der Waals surface area (Å²) in [6.07, 6.45) is 5.01. The molecule has 4 atom stereocenters. The molecule has 21 heavy (non-hydrogen) atoms. The summed E-state index contributed by atoms with van der Waals surface area (Å²) in [6.45, 7) is 0. The first-order valence-electron chi connectivity index (χ1n) is 7.27. The Morgan fingerprint density at radius 3 is 2.62 bits per heavy atom. The molecule has 1 heterocycles. The van der Waals surface area contributed by atoms with Gasteiger partial charge in [-0.1, -0.05) is 42.5 Å². The van der Waals surface area contributed by atoms with Crippen molar-refractivity contribution in [1.82, 2.24) is 0 Å². The Kier molecular flexibility index (Phi) is 3.78. The minimum atomic E-state index is -0.829. The van der Waals surface area contributed by atoms with E-state index in [2.05, 4.69) is 12.1 Å². The van der Waals surface area contributed by atoms with Gasteiger partial charge in [-0.05, 0) is 17.9 Å². The predicted octanol–water partition coefficient (Wildman–Crippen LogP) is 2.44. The number of aliphatic carboxylic acids is 1. The molecule has 1 aliphatic carbocycles. The summed E-state index contributed by atoms with van der Waals surface area (Å²) in [6, 6.07) is 10.1. The number of hydrogen-bond donors (Lipinski definition) is 1. The van der Waals surface area contributed by atoms with Gasteiger partial charge in [-0.3, -0.25) is 9.59 Å². The molecule has 0 aromatic heterocycles. The van der Waals surface area contributed by atoms with E-state index in [1.54, 1.807) is 0 Å². The number of rotatable bonds is 4. The van der Waals surface area contributed by atoms with E-state index in [1.165, 1.54) is 5.56 Å². The number of carboxylic acid groups (broad SMARTS) is 1. The van der Waals surface area contributed by atoms with Crippen molar-refractivity contribution in [3.8, 4) is 0 Å². The molecule has 4 heteroatoms. The molecule has 1 N–H and O–H groups in total. The molecule has 1 aliphatic heterocycles. The van der Waals surface area contributed by atoms with E-state index in [1.807, 2.05) is 30.4 Å². The Labute approximate surface area is 123 Å². The van der Waals surface area contributed by atoms with Crippen LogP contribution in [0.5, 0.6) is 0 Å². The quantitative estimate of drug-likeness (QED) is 0.682. The summed E-state index contributed by atoms with van der Waals surface area (Å²) in [5.74, 6) is -1.02. The van der Waals surface area contributed by atoms with Crippen molar-refractivity contribution in [2.75, 3.05) is 0 Å². The number of carboxylic acids is 1. The molecule has 0 radical (unpaired) electrons. The molecular formula is C17H18O4. The lowest BCUT2D eigenvalue weighted by Crippen LogP contribution is -2.35. The normalized spacial score (nSPS) is 30.8. The maximum absolute atomic E-state index is 11.6. The van der Waals surface area contributed by atoms with Crippen LogP contribution in [0.2, 0.25) is 0 Å². The van der Waals surface area contributed by atoms with Gasteiger partial charge in [0.15, 0.2) is 0 Å². The molecule has 110 valence electrons. The largest absolute Gasteiger partial charge is 0.481 e. The van der Waals surface area contributed by atoms with Gasteiger partial charge in [-0.25, -0.2) is 0 Å². The van der Waals surface area contributed by atoms with E-state index in [9.17, 15) is 9.59 Å². The van der Waals surface area contributed by atoms with Crippen molar-refractivity contribution < 1.29 is 19.4 Å². The van der Waals surface area contributed by atoms with E-state index >= 15 is 0 Å². The van der Waals surface area contributed by atoms with Gasteiger partial charge in [-0.2, -0.15) is 0 Å². The number of esters is 1. The number of ether oxygens (including phenoxy) is 1. The molecule has 1 aromatic carbocycles. The highest BCUT2D eigenvalue weighted by Crippen LogP contribution is 2.41. The minimum absolute atomic E-state index is 0.00712. The fourth-order valence-electron chi connectivity index (χ4n) is 3.42. The van der Waals surface area contributed by atoms with Gasteiger partial charge in [-0.15, -0.1) is 0 Å². The Hall–Kier alpha value is -2.10. The first kappa shape index (κ1) is 13.9. The van der Waals surface area contributed by atoms with Gasteiger partial charge in [0.1, 0.15) is 6.10 Å². The molecule has 0 amide bonds. The third-order valence-corrected chi connectivity index (χ3v) is 4.39. The van der Waals surface area contributed by atoms with Crippen LogP contribution in [0.25, 0.3) is 0 Å². The summed E-state index contributed by atoms with van der Waals surface area (Å²) >= 11 is 0. The molecule has 0 spiro atoms. The van der Waals surface area contributed by atoms with Crippen molar-refractivity contribution in [3.05, 3.63) is 48.0 Å². The Balaban J connectivity index is 1.79. The fraction of sp³-hybridized carbons (Fsp3) is 0.412. The SMILES string of the molecule is O=C(O)C[C@H]1C=C[C@H](Cc2ccccc2)[C@H]2OC(=O)C[C@H]21. The first-order chi connectivity index (χ1) is 10.1. The van der Waals surface area contributed by atoms with Gasteiger partial charge in [0, 0.05) is 11.8 Å². The van der Waals surface area contributed by atoms with Crippen molar-refractivity contribution in [3.63, 3.8) is 0 Å². The maximum Gasteiger partial charge on any atom is 0.306 e. The average molecular weight is 286 g/mol. The summed E-state index contributed by atoms with van der Waals surface area (Å²) in [5.41, 5.74) is 1.20. The number of carbonyl (C=O) groups excluding carboxylic acids is 1. The van der Waals surface area contributed by atoms with Crippen LogP contribution < -0.4 is 0 Å². The monoisotopic (exact) mass is 286 g/mol. The number of hydrogen-bond acceptors (Lipinski definition) is 3. The van der Waals surface area contributed by atoms with Crippen molar-refractivity contribution in [1.29, 1.82) is 0 Å². The number of benzene rings is 1. The topological polar surface area (TPSA) is 63.6 Å². The van der Waals surface area contributed by atoms with Crippen LogP contribution in [0.4, 0.5) is 0 Å². The summed E-state index contributed by atoms with van der Waals surface area (Å²) < 4.78 is 5.48. The smallest absolute Gasteiger partial charge is 0.306 e. The lowest BCUT2D eigenvalue weighted by molar-refractivity contribution is -0.143. The molecule has 2 aliphatic rings. The standard InChI is InChI=1S/C17H18O4/c18-15(19)9-12-6-7-13(8-11-4-2-1-3-5-11)17-14(12)10-16(20)21-17/h1-7,12-14,17H,8-10H2,(H,18,19)/t12-,13-,14+,17-/m1/s1. The summed E-state index contributed by atoms with van der Waals surface area (Å²) in [5, 5.41) is 8.99. The van der Waals surface area contributed by atoms with Gasteiger partial charge >= 0.3 is 11.9 Å². The minimum Gasteiger partial charge on any atom is -0.481 e. The molecule has 0 saturated carbocycles. The average Bonchev–Trinajstić information content (AvgIpc) is 2.84. The molecule has 1 saturated heterocycles. The third-order valence-electron chi connectivity index (χ3n) is 4.39. The number of allylic oxidation sites excluding steroid dienone is 1. The second-order valence-corrected chi connectivity index (χ2v) is 5.82. The molecule has 4 nitrogen and oxygen atoms in total. The number of fused-ring (bicyclic) bond motifs is 1. The molecule has 1 aromatic rings. The fourth-order valence-corrected chi connectivity index (χ4v) is 3.42. The van der Waals surface area contributed by atoms with Gasteiger partial charge in [0.25, 0.3) is 0 Å². The third kappa shape index (κ3) is 2.99. The van der Waals surface area contributed by atoms with E-state index in [-0.39, 0.29) is 36.2 Å². The second-order valence-electron chi connectivity index (χ2n) is 5.82. The zero-order chi connectivity index (χ0) is 14.8. The molecule has 0 bridgehead atoms. The zero-order valence-corrected chi connectivity index (χ0v) is 11.6. The van der Waals surface area contributed by atoms with Crippen LogP contribution in [0.15, 0.2) is 42.5 Å². The van der Waals surface area contributed by atoms with Crippen molar-refractivity contribution in [2.45, 2.75) is 25.4 Å². The van der Waals surface area contributed by atoms with E-state index in [0.29, 0.717) is 6.42 Å². The second kappa shape index (κ2) is 5.72. The van der Waals surface area contributed by atoms with Crippen LogP contribution in [-0.2, 0) is 20.7 Å². The van der Waals surface area contributed by atoms with Crippen LogP contribution in [0.1, 0.15) is 18.4 Å². The highest BCUT2D eigenvalue weighted by molar-refractivity contribution is 5.73. The maximum atomic E-state index is 11.6. The molecule has 0 unspecified atom stereocenters. The van der Waals surface area contributed by atoms with E-state index < -0.39 is 5.97 Å². The molecular weight excluding hydrogens is 268 g/mol. The van der Waals surface area contributed by atoms with Crippen LogP contribution >= 0.6 is 0 Å².